The molecule has 4 saturated heterocycles. The molecule has 20 heavy (non-hydrogen) atoms. The Kier molecular flexibility index (Phi) is 3.99. The predicted molar refractivity (Wildman–Crippen MR) is 78.8 cm³/mol. The molecule has 4 fully saturated rings. The van der Waals surface area contributed by atoms with Crippen molar-refractivity contribution in [1.29, 1.82) is 0 Å². The van der Waals surface area contributed by atoms with Gasteiger partial charge in [0.15, 0.2) is 0 Å². The second-order valence-corrected chi connectivity index (χ2v) is 7.00. The van der Waals surface area contributed by atoms with Gasteiger partial charge in [0, 0.05) is 38.1 Å². The van der Waals surface area contributed by atoms with Gasteiger partial charge in [-0.2, -0.15) is 0 Å². The lowest BCUT2D eigenvalue weighted by Gasteiger charge is -2.57. The van der Waals surface area contributed by atoms with E-state index in [0.29, 0.717) is 29.8 Å². The van der Waals surface area contributed by atoms with Crippen LogP contribution in [-0.4, -0.2) is 58.6 Å². The quantitative estimate of drug-likeness (QED) is 0.732. The van der Waals surface area contributed by atoms with Crippen molar-refractivity contribution >= 4 is 18.3 Å². The number of aliphatic hydroxyl groups excluding tert-OH is 1. The molecule has 0 spiro atoms. The van der Waals surface area contributed by atoms with Gasteiger partial charge in [0.1, 0.15) is 0 Å². The van der Waals surface area contributed by atoms with E-state index >= 15 is 0 Å². The molecule has 5 atom stereocenters. The van der Waals surface area contributed by atoms with Crippen LogP contribution in [0.5, 0.6) is 0 Å². The van der Waals surface area contributed by atoms with Crippen molar-refractivity contribution in [2.45, 2.75) is 56.7 Å². The number of nitrogens with zero attached hydrogens (tertiary/aromatic N) is 2. The Labute approximate surface area is 126 Å². The van der Waals surface area contributed by atoms with E-state index in [9.17, 15) is 9.90 Å². The van der Waals surface area contributed by atoms with Crippen LogP contribution < -0.4 is 0 Å². The average molecular weight is 301 g/mol. The summed E-state index contributed by atoms with van der Waals surface area (Å²) < 4.78 is 0. The number of rotatable bonds is 0. The molecule has 0 saturated carbocycles. The van der Waals surface area contributed by atoms with Crippen LogP contribution in [0.4, 0.5) is 0 Å². The lowest BCUT2D eigenvalue weighted by molar-refractivity contribution is -0.150. The fourth-order valence-electron chi connectivity index (χ4n) is 5.07. The van der Waals surface area contributed by atoms with Gasteiger partial charge < -0.3 is 10.0 Å². The van der Waals surface area contributed by atoms with Crippen molar-refractivity contribution < 1.29 is 9.90 Å². The highest BCUT2D eigenvalue weighted by molar-refractivity contribution is 5.85. The molecule has 1 N–H and O–H groups in total. The summed E-state index contributed by atoms with van der Waals surface area (Å²) in [5, 5.41) is 9.92. The van der Waals surface area contributed by atoms with Crippen molar-refractivity contribution in [1.82, 2.24) is 9.80 Å². The van der Waals surface area contributed by atoms with Crippen molar-refractivity contribution in [3.8, 4) is 0 Å². The summed E-state index contributed by atoms with van der Waals surface area (Å²) in [6.07, 6.45) is 6.07. The summed E-state index contributed by atoms with van der Waals surface area (Å²) in [4.78, 5) is 17.0. The van der Waals surface area contributed by atoms with E-state index in [1.54, 1.807) is 0 Å². The molecule has 4 nitrogen and oxygen atoms in total. The Bertz CT molecular complexity index is 392. The molecule has 1 amide bonds. The van der Waals surface area contributed by atoms with Crippen LogP contribution in [0.1, 0.15) is 38.5 Å². The molecular weight excluding hydrogens is 276 g/mol. The van der Waals surface area contributed by atoms with Gasteiger partial charge in [-0.3, -0.25) is 9.69 Å². The normalized spacial score (nSPS) is 44.4. The minimum Gasteiger partial charge on any atom is -0.393 e. The maximum atomic E-state index is 12.1. The molecule has 0 aromatic heterocycles. The van der Waals surface area contributed by atoms with E-state index < -0.39 is 0 Å². The first-order valence-electron chi connectivity index (χ1n) is 7.94. The van der Waals surface area contributed by atoms with Crippen molar-refractivity contribution in [2.24, 2.45) is 11.8 Å². The third kappa shape index (κ3) is 2.26. The lowest BCUT2D eigenvalue weighted by atomic mass is 9.70. The molecule has 4 aliphatic rings. The number of hydrogen-bond donors (Lipinski definition) is 1. The van der Waals surface area contributed by atoms with Gasteiger partial charge >= 0.3 is 0 Å². The Hall–Kier alpha value is -0.320. The number of piperidine rings is 4. The first kappa shape index (κ1) is 14.6. The number of amides is 1. The Morgan fingerprint density at radius 3 is 2.70 bits per heavy atom. The molecule has 114 valence electrons. The van der Waals surface area contributed by atoms with E-state index in [0.717, 1.165) is 45.3 Å². The first-order valence-corrected chi connectivity index (χ1v) is 7.94. The maximum Gasteiger partial charge on any atom is 0.222 e. The minimum atomic E-state index is -0.118. The molecular formula is C15H25ClN2O2. The van der Waals surface area contributed by atoms with Crippen LogP contribution in [0.25, 0.3) is 0 Å². The minimum absolute atomic E-state index is 0. The van der Waals surface area contributed by atoms with Crippen LogP contribution >= 0.6 is 12.4 Å². The summed E-state index contributed by atoms with van der Waals surface area (Å²) in [5.74, 6) is 1.68. The zero-order chi connectivity index (χ0) is 13.0. The molecule has 0 aliphatic carbocycles. The largest absolute Gasteiger partial charge is 0.393 e. The van der Waals surface area contributed by atoms with Gasteiger partial charge in [0.25, 0.3) is 0 Å². The van der Waals surface area contributed by atoms with Crippen molar-refractivity contribution in [3.63, 3.8) is 0 Å². The van der Waals surface area contributed by atoms with Gasteiger partial charge in [-0.1, -0.05) is 0 Å². The Morgan fingerprint density at radius 1 is 1.05 bits per heavy atom. The first-order chi connectivity index (χ1) is 9.22. The molecule has 0 aromatic carbocycles. The molecule has 2 bridgehead atoms. The highest BCUT2D eigenvalue weighted by Crippen LogP contribution is 2.42. The van der Waals surface area contributed by atoms with E-state index in [2.05, 4.69) is 9.80 Å². The number of carbonyl (C=O) groups is 1. The predicted octanol–water partition coefficient (Wildman–Crippen LogP) is 1.26. The van der Waals surface area contributed by atoms with Crippen LogP contribution in [0.2, 0.25) is 0 Å². The molecule has 4 aliphatic heterocycles. The molecule has 0 unspecified atom stereocenters. The summed E-state index contributed by atoms with van der Waals surface area (Å²) in [6.45, 7) is 3.16. The highest BCUT2D eigenvalue weighted by Gasteiger charge is 2.48. The van der Waals surface area contributed by atoms with Gasteiger partial charge in [-0.05, 0) is 43.9 Å². The second-order valence-electron chi connectivity index (χ2n) is 7.00. The van der Waals surface area contributed by atoms with Crippen molar-refractivity contribution in [2.75, 3.05) is 19.6 Å². The molecule has 0 aromatic rings. The smallest absolute Gasteiger partial charge is 0.222 e. The number of hydrogen-bond acceptors (Lipinski definition) is 3. The van der Waals surface area contributed by atoms with Gasteiger partial charge in [0.05, 0.1) is 6.10 Å². The summed E-state index contributed by atoms with van der Waals surface area (Å²) >= 11 is 0. The highest BCUT2D eigenvalue weighted by atomic mass is 35.5. The number of carbonyl (C=O) groups excluding carboxylic acids is 1. The second kappa shape index (κ2) is 5.47. The van der Waals surface area contributed by atoms with E-state index in [1.807, 2.05) is 0 Å². The van der Waals surface area contributed by atoms with Gasteiger partial charge in [0.2, 0.25) is 5.91 Å². The number of halogens is 1. The molecule has 4 heterocycles. The van der Waals surface area contributed by atoms with Crippen molar-refractivity contribution in [3.05, 3.63) is 0 Å². The molecule has 5 heteroatoms. The third-order valence-electron chi connectivity index (χ3n) is 5.94. The fraction of sp³-hybridized carbons (Fsp3) is 0.933. The standard InChI is InChI=1S/C15H24N2O2.ClH/c18-12-4-5-16-8-10-6-11(14(16)7-12)9-17-13(10)2-1-3-15(17)19;/h10-14,18H,1-9H2;1H/t10-,11-,12-,13+,14-;/m0./s1. The van der Waals surface area contributed by atoms with Gasteiger partial charge in [-0.15, -0.1) is 12.4 Å². The van der Waals surface area contributed by atoms with E-state index in [4.69, 9.17) is 0 Å². The zero-order valence-electron chi connectivity index (χ0n) is 11.9. The summed E-state index contributed by atoms with van der Waals surface area (Å²) in [5.41, 5.74) is 0. The lowest BCUT2D eigenvalue weighted by Crippen LogP contribution is -2.65. The fourth-order valence-corrected chi connectivity index (χ4v) is 5.07. The summed E-state index contributed by atoms with van der Waals surface area (Å²) in [7, 11) is 0. The monoisotopic (exact) mass is 300 g/mol. The summed E-state index contributed by atoms with van der Waals surface area (Å²) in [6, 6.07) is 1.04. The molecule has 4 rings (SSSR count). The number of fused-ring (bicyclic) bond motifs is 6. The number of aliphatic hydroxyl groups is 1. The Morgan fingerprint density at radius 2 is 1.85 bits per heavy atom. The van der Waals surface area contributed by atoms with E-state index in [-0.39, 0.29) is 18.5 Å². The van der Waals surface area contributed by atoms with Crippen LogP contribution in [0.15, 0.2) is 0 Å². The van der Waals surface area contributed by atoms with Crippen LogP contribution in [-0.2, 0) is 4.79 Å². The topological polar surface area (TPSA) is 43.8 Å². The van der Waals surface area contributed by atoms with Crippen LogP contribution in [0, 0.1) is 11.8 Å². The average Bonchev–Trinajstić information content (AvgIpc) is 2.41. The van der Waals surface area contributed by atoms with E-state index in [1.165, 1.54) is 12.8 Å². The SMILES string of the molecule is Cl.O=C1CCC[C@@H]2[C@H]3C[C@@H](CN12)[C@@H]1C[C@@H](O)CCN1C3. The maximum absolute atomic E-state index is 12.1. The zero-order valence-corrected chi connectivity index (χ0v) is 12.7. The van der Waals surface area contributed by atoms with Gasteiger partial charge in [-0.25, -0.2) is 0 Å². The Balaban J connectivity index is 0.00000121. The van der Waals surface area contributed by atoms with Crippen LogP contribution in [0.3, 0.4) is 0 Å². The molecule has 0 radical (unpaired) electrons. The third-order valence-corrected chi connectivity index (χ3v) is 5.94.